The van der Waals surface area contributed by atoms with Crippen molar-refractivity contribution >= 4 is 23.2 Å². The minimum atomic E-state index is -4.48. The molecule has 3 nitrogen and oxygen atoms in total. The fourth-order valence-corrected chi connectivity index (χ4v) is 1.89. The van der Waals surface area contributed by atoms with Gasteiger partial charge in [0.05, 0.1) is 21.9 Å². The highest BCUT2D eigenvalue weighted by Gasteiger charge is 2.35. The molecule has 8 heteroatoms. The van der Waals surface area contributed by atoms with Gasteiger partial charge in [-0.1, -0.05) is 23.2 Å². The highest BCUT2D eigenvalue weighted by Crippen LogP contribution is 2.31. The summed E-state index contributed by atoms with van der Waals surface area (Å²) in [6, 6.07) is 1.43. The van der Waals surface area contributed by atoms with E-state index in [1.165, 1.54) is 12.3 Å². The molecule has 2 rings (SSSR count). The predicted molar refractivity (Wildman–Crippen MR) is 60.7 cm³/mol. The van der Waals surface area contributed by atoms with Crippen molar-refractivity contribution < 1.29 is 13.2 Å². The Morgan fingerprint density at radius 2 is 1.94 bits per heavy atom. The molecule has 0 amide bonds. The van der Waals surface area contributed by atoms with Gasteiger partial charge in [-0.2, -0.15) is 18.3 Å². The first-order valence-electron chi connectivity index (χ1n) is 4.77. The number of aromatic nitrogens is 3. The average Bonchev–Trinajstić information content (AvgIpc) is 2.70. The molecule has 0 aromatic carbocycles. The number of hydrogen-bond donors (Lipinski definition) is 1. The Bertz CT molecular complexity index is 566. The quantitative estimate of drug-likeness (QED) is 0.917. The number of nitrogens with one attached hydrogen (secondary N) is 1. The van der Waals surface area contributed by atoms with Gasteiger partial charge in [-0.3, -0.25) is 10.1 Å². The number of alkyl halides is 3. The van der Waals surface area contributed by atoms with Crippen LogP contribution >= 0.6 is 23.2 Å². The third-order valence-electron chi connectivity index (χ3n) is 2.24. The van der Waals surface area contributed by atoms with E-state index in [0.717, 1.165) is 6.20 Å². The molecule has 0 aliphatic heterocycles. The number of rotatable bonds is 2. The van der Waals surface area contributed by atoms with Gasteiger partial charge in [0, 0.05) is 18.2 Å². The third kappa shape index (κ3) is 2.76. The predicted octanol–water partition coefficient (Wildman–Crippen LogP) is 3.72. The number of pyridine rings is 1. The van der Waals surface area contributed by atoms with Gasteiger partial charge in [0.25, 0.3) is 0 Å². The number of H-pyrrole nitrogens is 1. The Morgan fingerprint density at radius 1 is 1.22 bits per heavy atom. The second-order valence-electron chi connectivity index (χ2n) is 3.53. The fourth-order valence-electron chi connectivity index (χ4n) is 1.44. The number of nitrogens with zero attached hydrogens (tertiary/aromatic N) is 2. The van der Waals surface area contributed by atoms with E-state index in [2.05, 4.69) is 10.1 Å². The van der Waals surface area contributed by atoms with Gasteiger partial charge in [0.1, 0.15) is 5.69 Å². The van der Waals surface area contributed by atoms with E-state index in [0.29, 0.717) is 10.7 Å². The van der Waals surface area contributed by atoms with Crippen LogP contribution in [0.1, 0.15) is 17.0 Å². The second-order valence-corrected chi connectivity index (χ2v) is 4.37. The van der Waals surface area contributed by atoms with Crippen molar-refractivity contribution in [1.29, 1.82) is 0 Å². The van der Waals surface area contributed by atoms with Crippen LogP contribution < -0.4 is 0 Å². The Labute approximate surface area is 110 Å². The van der Waals surface area contributed by atoms with Crippen LogP contribution in [0, 0.1) is 0 Å². The summed E-state index contributed by atoms with van der Waals surface area (Å²) in [6.07, 6.45) is -2.11. The molecule has 0 fully saturated rings. The highest BCUT2D eigenvalue weighted by molar-refractivity contribution is 6.34. The van der Waals surface area contributed by atoms with Crippen LogP contribution in [-0.4, -0.2) is 15.2 Å². The first kappa shape index (κ1) is 13.2. The summed E-state index contributed by atoms with van der Waals surface area (Å²) < 4.78 is 37.8. The van der Waals surface area contributed by atoms with Crippen molar-refractivity contribution in [2.45, 2.75) is 12.6 Å². The van der Waals surface area contributed by atoms with E-state index >= 15 is 0 Å². The maximum absolute atomic E-state index is 12.6. The topological polar surface area (TPSA) is 41.6 Å². The molecule has 0 spiro atoms. The highest BCUT2D eigenvalue weighted by atomic mass is 35.5. The molecule has 2 heterocycles. The van der Waals surface area contributed by atoms with Crippen LogP contribution in [0.2, 0.25) is 10.0 Å². The van der Waals surface area contributed by atoms with E-state index in [-0.39, 0.29) is 17.0 Å². The van der Waals surface area contributed by atoms with Gasteiger partial charge in [-0.25, -0.2) is 0 Å². The molecule has 0 aliphatic rings. The van der Waals surface area contributed by atoms with E-state index in [1.807, 2.05) is 5.10 Å². The maximum Gasteiger partial charge on any atom is 0.433 e. The van der Waals surface area contributed by atoms with Gasteiger partial charge < -0.3 is 0 Å². The molecule has 0 atom stereocenters. The van der Waals surface area contributed by atoms with Crippen molar-refractivity contribution in [3.8, 4) is 0 Å². The van der Waals surface area contributed by atoms with Crippen molar-refractivity contribution in [3.05, 3.63) is 45.5 Å². The van der Waals surface area contributed by atoms with Crippen LogP contribution in [0.3, 0.4) is 0 Å². The van der Waals surface area contributed by atoms with Crippen molar-refractivity contribution in [3.63, 3.8) is 0 Å². The molecule has 18 heavy (non-hydrogen) atoms. The summed E-state index contributed by atoms with van der Waals surface area (Å²) in [6.45, 7) is 0. The smallest absolute Gasteiger partial charge is 0.273 e. The summed E-state index contributed by atoms with van der Waals surface area (Å²) >= 11 is 11.5. The monoisotopic (exact) mass is 295 g/mol. The minimum Gasteiger partial charge on any atom is -0.273 e. The molecule has 0 saturated carbocycles. The minimum absolute atomic E-state index is 0.0146. The van der Waals surface area contributed by atoms with E-state index in [4.69, 9.17) is 23.2 Å². The molecule has 0 bridgehead atoms. The largest absolute Gasteiger partial charge is 0.433 e. The zero-order valence-electron chi connectivity index (χ0n) is 8.72. The van der Waals surface area contributed by atoms with E-state index < -0.39 is 11.9 Å². The zero-order chi connectivity index (χ0) is 13.3. The lowest BCUT2D eigenvalue weighted by atomic mass is 10.1. The SMILES string of the molecule is FC(F)(F)c1[nH]ncc1Cc1ncc(Cl)cc1Cl. The van der Waals surface area contributed by atoms with Crippen LogP contribution in [0.15, 0.2) is 18.5 Å². The van der Waals surface area contributed by atoms with E-state index in [1.54, 1.807) is 0 Å². The Kier molecular flexibility index (Phi) is 3.49. The summed E-state index contributed by atoms with van der Waals surface area (Å²) in [4.78, 5) is 3.90. The van der Waals surface area contributed by atoms with Gasteiger partial charge in [-0.15, -0.1) is 0 Å². The standard InChI is InChI=1S/C10H6Cl2F3N3/c11-6-2-7(12)8(16-4-6)1-5-3-17-18-9(5)10(13,14)15/h2-4H,1H2,(H,17,18). The maximum atomic E-state index is 12.6. The fraction of sp³-hybridized carbons (Fsp3) is 0.200. The van der Waals surface area contributed by atoms with Crippen LogP contribution in [0.25, 0.3) is 0 Å². The molecular weight excluding hydrogens is 290 g/mol. The number of aromatic amines is 1. The first-order chi connectivity index (χ1) is 8.38. The summed E-state index contributed by atoms with van der Waals surface area (Å²) in [5.74, 6) is 0. The lowest BCUT2D eigenvalue weighted by Crippen LogP contribution is -2.09. The molecule has 0 aliphatic carbocycles. The molecule has 0 saturated heterocycles. The molecule has 2 aromatic heterocycles. The molecule has 0 radical (unpaired) electrons. The summed E-state index contributed by atoms with van der Waals surface area (Å²) in [7, 11) is 0. The van der Waals surface area contributed by atoms with Crippen LogP contribution in [-0.2, 0) is 12.6 Å². The van der Waals surface area contributed by atoms with Gasteiger partial charge in [0.15, 0.2) is 0 Å². The third-order valence-corrected chi connectivity index (χ3v) is 2.78. The lowest BCUT2D eigenvalue weighted by Gasteiger charge is -2.07. The van der Waals surface area contributed by atoms with Gasteiger partial charge >= 0.3 is 6.18 Å². The number of hydrogen-bond acceptors (Lipinski definition) is 2. The lowest BCUT2D eigenvalue weighted by molar-refractivity contribution is -0.141. The van der Waals surface area contributed by atoms with E-state index in [9.17, 15) is 13.2 Å². The van der Waals surface area contributed by atoms with Crippen LogP contribution in [0.4, 0.5) is 13.2 Å². The van der Waals surface area contributed by atoms with Crippen molar-refractivity contribution in [2.24, 2.45) is 0 Å². The average molecular weight is 296 g/mol. The van der Waals surface area contributed by atoms with Crippen LogP contribution in [0.5, 0.6) is 0 Å². The molecule has 0 unspecified atom stereocenters. The normalized spacial score (nSPS) is 11.8. The summed E-state index contributed by atoms with van der Waals surface area (Å²) in [5.41, 5.74) is -0.595. The zero-order valence-corrected chi connectivity index (χ0v) is 10.2. The Balaban J connectivity index is 2.32. The molecule has 2 aromatic rings. The van der Waals surface area contributed by atoms with Crippen molar-refractivity contribution in [2.75, 3.05) is 0 Å². The second kappa shape index (κ2) is 4.78. The Morgan fingerprint density at radius 3 is 2.56 bits per heavy atom. The van der Waals surface area contributed by atoms with Crippen molar-refractivity contribution in [1.82, 2.24) is 15.2 Å². The summed E-state index contributed by atoms with van der Waals surface area (Å²) in [5, 5.41) is 5.86. The number of halogens is 5. The Hall–Kier alpha value is -1.27. The molecule has 1 N–H and O–H groups in total. The first-order valence-corrected chi connectivity index (χ1v) is 5.53. The molecule has 96 valence electrons. The molecular formula is C10H6Cl2F3N3. The van der Waals surface area contributed by atoms with Gasteiger partial charge in [0.2, 0.25) is 0 Å². The van der Waals surface area contributed by atoms with Gasteiger partial charge in [-0.05, 0) is 6.07 Å².